The quantitative estimate of drug-likeness (QED) is 0.547. The zero-order chi connectivity index (χ0) is 10.8. The van der Waals surface area contributed by atoms with Crippen LogP contribution in [0.3, 0.4) is 0 Å². The van der Waals surface area contributed by atoms with Gasteiger partial charge in [-0.05, 0) is 6.07 Å². The van der Waals surface area contributed by atoms with Crippen LogP contribution in [0.4, 0.5) is 23.2 Å². The Morgan fingerprint density at radius 2 is 2.07 bits per heavy atom. The van der Waals surface area contributed by atoms with Gasteiger partial charge in [-0.2, -0.15) is 17.6 Å². The Balaban J connectivity index is 2.74. The number of halogens is 4. The maximum atomic E-state index is 12.5. The van der Waals surface area contributed by atoms with Crippen LogP contribution in [-0.2, 0) is 0 Å². The summed E-state index contributed by atoms with van der Waals surface area (Å²) < 4.78 is 48.4. The molecule has 1 heterocycles. The summed E-state index contributed by atoms with van der Waals surface area (Å²) in [5.74, 6) is -0.795. The Hall–Kier alpha value is -1.33. The lowest BCUT2D eigenvalue weighted by Crippen LogP contribution is -2.30. The van der Waals surface area contributed by atoms with Crippen LogP contribution in [0.1, 0.15) is 0 Å². The molecule has 0 radical (unpaired) electrons. The van der Waals surface area contributed by atoms with Crippen molar-refractivity contribution in [1.82, 2.24) is 4.98 Å². The fraction of sp³-hybridized carbons (Fsp3) is 0.375. The molecule has 2 nitrogen and oxygen atoms in total. The topological polar surface area (TPSA) is 16.1 Å². The molecule has 0 unspecified atom stereocenters. The zero-order valence-electron chi connectivity index (χ0n) is 7.35. The van der Waals surface area contributed by atoms with Gasteiger partial charge >= 0.3 is 6.18 Å². The summed E-state index contributed by atoms with van der Waals surface area (Å²) in [5.41, 5.74) is 0.148. The molecule has 0 spiro atoms. The molecule has 6 heteroatoms. The molecule has 0 saturated heterocycles. The standard InChI is InChI=1S/C8H8F4N2/c1-14(5-8(10,11)12)6-2-3-13-7(9)4-6/h2-4H,5H2,1H3. The number of hydrogen-bond acceptors (Lipinski definition) is 2. The van der Waals surface area contributed by atoms with E-state index in [1.807, 2.05) is 0 Å². The lowest BCUT2D eigenvalue weighted by atomic mass is 10.3. The molecule has 0 N–H and O–H groups in total. The van der Waals surface area contributed by atoms with Gasteiger partial charge < -0.3 is 4.90 Å². The van der Waals surface area contributed by atoms with Crippen LogP contribution in [0.2, 0.25) is 0 Å². The van der Waals surface area contributed by atoms with E-state index in [9.17, 15) is 17.6 Å². The molecule has 0 atom stereocenters. The van der Waals surface area contributed by atoms with Crippen molar-refractivity contribution >= 4 is 5.69 Å². The molecule has 0 saturated carbocycles. The average Bonchev–Trinajstić information content (AvgIpc) is 2.01. The van der Waals surface area contributed by atoms with Gasteiger partial charge in [-0.15, -0.1) is 0 Å². The maximum Gasteiger partial charge on any atom is 0.405 e. The number of nitrogens with zero attached hydrogens (tertiary/aromatic N) is 2. The Labute approximate surface area is 78.2 Å². The Morgan fingerprint density at radius 1 is 1.43 bits per heavy atom. The number of anilines is 1. The van der Waals surface area contributed by atoms with Gasteiger partial charge in [-0.1, -0.05) is 0 Å². The molecule has 14 heavy (non-hydrogen) atoms. The summed E-state index contributed by atoms with van der Waals surface area (Å²) in [4.78, 5) is 4.15. The Kier molecular flexibility index (Phi) is 2.93. The summed E-state index contributed by atoms with van der Waals surface area (Å²) in [6.45, 7) is -1.11. The first-order chi connectivity index (χ1) is 6.38. The van der Waals surface area contributed by atoms with Gasteiger partial charge in [0, 0.05) is 25.0 Å². The number of alkyl halides is 3. The van der Waals surface area contributed by atoms with Gasteiger partial charge in [-0.3, -0.25) is 0 Å². The molecule has 1 aromatic heterocycles. The predicted molar refractivity (Wildman–Crippen MR) is 43.5 cm³/mol. The SMILES string of the molecule is CN(CC(F)(F)F)c1ccnc(F)c1. The van der Waals surface area contributed by atoms with E-state index in [0.717, 1.165) is 17.2 Å². The molecule has 0 aliphatic carbocycles. The van der Waals surface area contributed by atoms with Gasteiger partial charge in [0.15, 0.2) is 0 Å². The molecule has 78 valence electrons. The Morgan fingerprint density at radius 3 is 2.57 bits per heavy atom. The third-order valence-electron chi connectivity index (χ3n) is 1.57. The zero-order valence-corrected chi connectivity index (χ0v) is 7.35. The molecular formula is C8H8F4N2. The molecule has 0 amide bonds. The van der Waals surface area contributed by atoms with E-state index in [1.165, 1.54) is 13.1 Å². The van der Waals surface area contributed by atoms with Gasteiger partial charge in [0.2, 0.25) is 5.95 Å². The minimum atomic E-state index is -4.30. The molecule has 0 aliphatic heterocycles. The second-order valence-electron chi connectivity index (χ2n) is 2.81. The van der Waals surface area contributed by atoms with Crippen molar-refractivity contribution in [3.8, 4) is 0 Å². The third kappa shape index (κ3) is 3.20. The van der Waals surface area contributed by atoms with Crippen LogP contribution in [-0.4, -0.2) is 24.8 Å². The fourth-order valence-corrected chi connectivity index (χ4v) is 0.990. The van der Waals surface area contributed by atoms with Gasteiger partial charge in [0.1, 0.15) is 6.54 Å². The minimum absolute atomic E-state index is 0.148. The number of hydrogen-bond donors (Lipinski definition) is 0. The minimum Gasteiger partial charge on any atom is -0.366 e. The number of aromatic nitrogens is 1. The van der Waals surface area contributed by atoms with E-state index < -0.39 is 18.7 Å². The highest BCUT2D eigenvalue weighted by Crippen LogP contribution is 2.20. The molecule has 1 rings (SSSR count). The van der Waals surface area contributed by atoms with Crippen LogP contribution in [0, 0.1) is 5.95 Å². The molecule has 0 fully saturated rings. The second-order valence-corrected chi connectivity index (χ2v) is 2.81. The summed E-state index contributed by atoms with van der Waals surface area (Å²) in [6, 6.07) is 2.26. The van der Waals surface area contributed by atoms with Crippen LogP contribution in [0.25, 0.3) is 0 Å². The van der Waals surface area contributed by atoms with E-state index in [4.69, 9.17) is 0 Å². The smallest absolute Gasteiger partial charge is 0.366 e. The number of pyridine rings is 1. The first-order valence-corrected chi connectivity index (χ1v) is 3.78. The molecule has 1 aromatic rings. The summed E-state index contributed by atoms with van der Waals surface area (Å²) in [6.07, 6.45) is -3.17. The largest absolute Gasteiger partial charge is 0.405 e. The van der Waals surface area contributed by atoms with Gasteiger partial charge in [0.25, 0.3) is 0 Å². The summed E-state index contributed by atoms with van der Waals surface area (Å²) in [5, 5.41) is 0. The first kappa shape index (κ1) is 10.7. The van der Waals surface area contributed by atoms with E-state index in [0.29, 0.717) is 0 Å². The Bertz CT molecular complexity index is 310. The normalized spacial score (nSPS) is 11.5. The van der Waals surface area contributed by atoms with E-state index in [1.54, 1.807) is 0 Å². The third-order valence-corrected chi connectivity index (χ3v) is 1.57. The molecule has 0 aliphatic rings. The van der Waals surface area contributed by atoms with Crippen LogP contribution in [0.5, 0.6) is 0 Å². The lowest BCUT2D eigenvalue weighted by Gasteiger charge is -2.20. The molecule has 0 bridgehead atoms. The van der Waals surface area contributed by atoms with Crippen molar-refractivity contribution in [2.75, 3.05) is 18.5 Å². The highest BCUT2D eigenvalue weighted by Gasteiger charge is 2.29. The van der Waals surface area contributed by atoms with E-state index in [2.05, 4.69) is 4.98 Å². The second kappa shape index (κ2) is 3.81. The lowest BCUT2D eigenvalue weighted by molar-refractivity contribution is -0.119. The maximum absolute atomic E-state index is 12.5. The fourth-order valence-electron chi connectivity index (χ4n) is 0.990. The molecule has 0 aromatic carbocycles. The predicted octanol–water partition coefficient (Wildman–Crippen LogP) is 2.22. The van der Waals surface area contributed by atoms with Crippen LogP contribution in [0.15, 0.2) is 18.3 Å². The van der Waals surface area contributed by atoms with Crippen molar-refractivity contribution in [3.63, 3.8) is 0 Å². The van der Waals surface area contributed by atoms with E-state index >= 15 is 0 Å². The van der Waals surface area contributed by atoms with Crippen LogP contribution >= 0.6 is 0 Å². The van der Waals surface area contributed by atoms with Crippen LogP contribution < -0.4 is 4.90 Å². The van der Waals surface area contributed by atoms with Crippen molar-refractivity contribution < 1.29 is 17.6 Å². The van der Waals surface area contributed by atoms with Crippen molar-refractivity contribution in [3.05, 3.63) is 24.3 Å². The molecular weight excluding hydrogens is 200 g/mol. The highest BCUT2D eigenvalue weighted by molar-refractivity contribution is 5.44. The van der Waals surface area contributed by atoms with Gasteiger partial charge in [-0.25, -0.2) is 4.98 Å². The van der Waals surface area contributed by atoms with Crippen molar-refractivity contribution in [2.45, 2.75) is 6.18 Å². The summed E-state index contributed by atoms with van der Waals surface area (Å²) in [7, 11) is 1.24. The first-order valence-electron chi connectivity index (χ1n) is 3.78. The monoisotopic (exact) mass is 208 g/mol. The number of rotatable bonds is 2. The summed E-state index contributed by atoms with van der Waals surface area (Å²) >= 11 is 0. The average molecular weight is 208 g/mol. The highest BCUT2D eigenvalue weighted by atomic mass is 19.4. The van der Waals surface area contributed by atoms with E-state index in [-0.39, 0.29) is 5.69 Å². The van der Waals surface area contributed by atoms with Crippen molar-refractivity contribution in [1.29, 1.82) is 0 Å². The van der Waals surface area contributed by atoms with Crippen molar-refractivity contribution in [2.24, 2.45) is 0 Å². The van der Waals surface area contributed by atoms with Gasteiger partial charge in [0.05, 0.1) is 0 Å².